The molecule has 1 aliphatic heterocycles. The van der Waals surface area contributed by atoms with Gasteiger partial charge in [-0.2, -0.15) is 0 Å². The topological polar surface area (TPSA) is 105 Å². The van der Waals surface area contributed by atoms with Crippen LogP contribution in [0.3, 0.4) is 0 Å². The van der Waals surface area contributed by atoms with E-state index in [0.29, 0.717) is 25.8 Å². The van der Waals surface area contributed by atoms with Gasteiger partial charge in [-0.05, 0) is 52.5 Å². The number of benzene rings is 1. The SMILES string of the molecule is C[C@@H]1C(c2ccccc2)OC(=O)N1C(=O)[C@H](C)[C@@H](O)CCCCNC(=O)OC(C)(C)C. The van der Waals surface area contributed by atoms with Crippen LogP contribution in [-0.2, 0) is 14.3 Å². The van der Waals surface area contributed by atoms with Crippen LogP contribution in [0.2, 0.25) is 0 Å². The number of ether oxygens (including phenoxy) is 2. The number of amides is 3. The minimum absolute atomic E-state index is 0.377. The first-order valence-electron chi connectivity index (χ1n) is 10.7. The van der Waals surface area contributed by atoms with E-state index in [1.54, 1.807) is 34.6 Å². The number of carbonyl (C=O) groups is 3. The van der Waals surface area contributed by atoms with Gasteiger partial charge in [0.15, 0.2) is 0 Å². The minimum Gasteiger partial charge on any atom is -0.444 e. The monoisotopic (exact) mass is 434 g/mol. The van der Waals surface area contributed by atoms with Crippen LogP contribution in [0.15, 0.2) is 30.3 Å². The fraction of sp³-hybridized carbons (Fsp3) is 0.609. The molecule has 8 heteroatoms. The maximum atomic E-state index is 12.9. The maximum absolute atomic E-state index is 12.9. The summed E-state index contributed by atoms with van der Waals surface area (Å²) in [4.78, 5) is 38.0. The zero-order chi connectivity index (χ0) is 23.2. The van der Waals surface area contributed by atoms with Crippen LogP contribution < -0.4 is 5.32 Å². The van der Waals surface area contributed by atoms with E-state index in [4.69, 9.17) is 9.47 Å². The van der Waals surface area contributed by atoms with E-state index in [2.05, 4.69) is 5.32 Å². The highest BCUT2D eigenvalue weighted by molar-refractivity contribution is 5.95. The Hall–Kier alpha value is -2.61. The van der Waals surface area contributed by atoms with Gasteiger partial charge in [0.25, 0.3) is 0 Å². The number of rotatable bonds is 8. The van der Waals surface area contributed by atoms with Gasteiger partial charge < -0.3 is 19.9 Å². The van der Waals surface area contributed by atoms with Gasteiger partial charge in [-0.15, -0.1) is 0 Å². The molecular formula is C23H34N2O6. The van der Waals surface area contributed by atoms with Crippen LogP contribution >= 0.6 is 0 Å². The van der Waals surface area contributed by atoms with Crippen molar-refractivity contribution in [3.63, 3.8) is 0 Å². The summed E-state index contributed by atoms with van der Waals surface area (Å²) >= 11 is 0. The Morgan fingerprint density at radius 3 is 2.48 bits per heavy atom. The summed E-state index contributed by atoms with van der Waals surface area (Å²) in [5.41, 5.74) is 0.271. The molecule has 0 aromatic heterocycles. The largest absolute Gasteiger partial charge is 0.444 e. The van der Waals surface area contributed by atoms with Crippen molar-refractivity contribution in [1.82, 2.24) is 10.2 Å². The second-order valence-corrected chi connectivity index (χ2v) is 8.94. The first kappa shape index (κ1) is 24.7. The molecule has 4 atom stereocenters. The van der Waals surface area contributed by atoms with Gasteiger partial charge in [0.1, 0.15) is 11.7 Å². The third-order valence-electron chi connectivity index (χ3n) is 5.20. The fourth-order valence-corrected chi connectivity index (χ4v) is 3.46. The van der Waals surface area contributed by atoms with Crippen LogP contribution in [0.1, 0.15) is 65.5 Å². The predicted molar refractivity (Wildman–Crippen MR) is 115 cm³/mol. The Bertz CT molecular complexity index is 761. The lowest BCUT2D eigenvalue weighted by Gasteiger charge is -2.25. The van der Waals surface area contributed by atoms with Crippen molar-refractivity contribution in [2.45, 2.75) is 77.7 Å². The van der Waals surface area contributed by atoms with Crippen molar-refractivity contribution in [1.29, 1.82) is 0 Å². The lowest BCUT2D eigenvalue weighted by Crippen LogP contribution is -2.44. The lowest BCUT2D eigenvalue weighted by atomic mass is 9.96. The number of aliphatic hydroxyl groups excluding tert-OH is 1. The van der Waals surface area contributed by atoms with E-state index in [0.717, 1.165) is 10.5 Å². The summed E-state index contributed by atoms with van der Waals surface area (Å²) in [7, 11) is 0. The number of nitrogens with zero attached hydrogens (tertiary/aromatic N) is 1. The number of hydrogen-bond donors (Lipinski definition) is 2. The molecule has 0 bridgehead atoms. The lowest BCUT2D eigenvalue weighted by molar-refractivity contribution is -0.136. The molecule has 172 valence electrons. The number of aliphatic hydroxyl groups is 1. The molecule has 1 saturated heterocycles. The molecule has 1 heterocycles. The fourth-order valence-electron chi connectivity index (χ4n) is 3.46. The molecule has 0 radical (unpaired) electrons. The summed E-state index contributed by atoms with van der Waals surface area (Å²) in [6, 6.07) is 8.82. The molecule has 0 saturated carbocycles. The van der Waals surface area contributed by atoms with Gasteiger partial charge in [0.2, 0.25) is 5.91 Å². The number of hydrogen-bond acceptors (Lipinski definition) is 6. The minimum atomic E-state index is -0.898. The number of unbranched alkanes of at least 4 members (excludes halogenated alkanes) is 1. The summed E-state index contributed by atoms with van der Waals surface area (Å²) in [5.74, 6) is -1.20. The molecule has 2 N–H and O–H groups in total. The molecule has 1 aromatic rings. The van der Waals surface area contributed by atoms with Gasteiger partial charge in [0.05, 0.1) is 18.1 Å². The normalized spacial score (nSPS) is 20.7. The third kappa shape index (κ3) is 6.95. The zero-order valence-corrected chi connectivity index (χ0v) is 19.0. The van der Waals surface area contributed by atoms with Crippen molar-refractivity contribution in [2.24, 2.45) is 5.92 Å². The van der Waals surface area contributed by atoms with E-state index in [1.165, 1.54) is 0 Å². The van der Waals surface area contributed by atoms with Crippen LogP contribution in [0.4, 0.5) is 9.59 Å². The standard InChI is InChI=1S/C23H34N2O6/c1-15(18(26)13-9-10-14-24-21(28)31-23(3,4)5)20(27)25-16(2)19(30-22(25)29)17-11-7-6-8-12-17/h6-8,11-12,15-16,18-19,26H,9-10,13-14H2,1-5H3,(H,24,28)/t15-,16-,18+,19?/m1/s1. The molecular weight excluding hydrogens is 400 g/mol. The van der Waals surface area contributed by atoms with E-state index >= 15 is 0 Å². The van der Waals surface area contributed by atoms with E-state index < -0.39 is 47.9 Å². The Morgan fingerprint density at radius 2 is 1.87 bits per heavy atom. The molecule has 1 fully saturated rings. The van der Waals surface area contributed by atoms with Crippen molar-refractivity contribution in [3.05, 3.63) is 35.9 Å². The number of imide groups is 1. The molecule has 2 rings (SSSR count). The van der Waals surface area contributed by atoms with Gasteiger partial charge in [-0.1, -0.05) is 37.3 Å². The molecule has 3 amide bonds. The van der Waals surface area contributed by atoms with Gasteiger partial charge in [-0.3, -0.25) is 4.79 Å². The summed E-state index contributed by atoms with van der Waals surface area (Å²) in [5, 5.41) is 13.1. The number of carbonyl (C=O) groups excluding carboxylic acids is 3. The Kier molecular flexibility index (Phi) is 8.44. The molecule has 1 aromatic carbocycles. The summed E-state index contributed by atoms with van der Waals surface area (Å²) < 4.78 is 10.6. The average Bonchev–Trinajstić information content (AvgIpc) is 2.99. The van der Waals surface area contributed by atoms with E-state index in [-0.39, 0.29) is 0 Å². The van der Waals surface area contributed by atoms with Crippen LogP contribution in [-0.4, -0.2) is 52.4 Å². The van der Waals surface area contributed by atoms with Gasteiger partial charge in [-0.25, -0.2) is 14.5 Å². The van der Waals surface area contributed by atoms with Crippen LogP contribution in [0.5, 0.6) is 0 Å². The highest BCUT2D eigenvalue weighted by atomic mass is 16.6. The smallest absolute Gasteiger partial charge is 0.417 e. The van der Waals surface area contributed by atoms with E-state index in [1.807, 2.05) is 30.3 Å². The number of alkyl carbamates (subject to hydrolysis) is 1. The Labute approximate surface area is 183 Å². The maximum Gasteiger partial charge on any atom is 0.417 e. The summed E-state index contributed by atoms with van der Waals surface area (Å²) in [6.45, 7) is 9.17. The molecule has 0 spiro atoms. The van der Waals surface area contributed by atoms with E-state index in [9.17, 15) is 19.5 Å². The van der Waals surface area contributed by atoms with Crippen molar-refractivity contribution in [2.75, 3.05) is 6.54 Å². The van der Waals surface area contributed by atoms with Crippen molar-refractivity contribution in [3.8, 4) is 0 Å². The number of nitrogens with one attached hydrogen (secondary N) is 1. The second-order valence-electron chi connectivity index (χ2n) is 8.94. The molecule has 1 aliphatic rings. The Balaban J connectivity index is 1.80. The Morgan fingerprint density at radius 1 is 1.23 bits per heavy atom. The first-order valence-corrected chi connectivity index (χ1v) is 10.7. The first-order chi connectivity index (χ1) is 14.5. The predicted octanol–water partition coefficient (Wildman–Crippen LogP) is 3.79. The molecule has 0 aliphatic carbocycles. The zero-order valence-electron chi connectivity index (χ0n) is 19.0. The molecule has 1 unspecified atom stereocenters. The quantitative estimate of drug-likeness (QED) is 0.603. The molecule has 8 nitrogen and oxygen atoms in total. The van der Waals surface area contributed by atoms with Crippen LogP contribution in [0.25, 0.3) is 0 Å². The van der Waals surface area contributed by atoms with Crippen molar-refractivity contribution < 1.29 is 29.0 Å². The highest BCUT2D eigenvalue weighted by Crippen LogP contribution is 2.33. The van der Waals surface area contributed by atoms with Gasteiger partial charge in [0, 0.05) is 6.54 Å². The van der Waals surface area contributed by atoms with Crippen LogP contribution in [0, 0.1) is 5.92 Å². The second kappa shape index (κ2) is 10.6. The molecule has 31 heavy (non-hydrogen) atoms. The average molecular weight is 435 g/mol. The number of cyclic esters (lactones) is 1. The summed E-state index contributed by atoms with van der Waals surface area (Å²) in [6.07, 6.45) is -0.970. The highest BCUT2D eigenvalue weighted by Gasteiger charge is 2.45. The van der Waals surface area contributed by atoms with Gasteiger partial charge >= 0.3 is 12.2 Å². The third-order valence-corrected chi connectivity index (χ3v) is 5.20. The van der Waals surface area contributed by atoms with Crippen molar-refractivity contribution >= 4 is 18.1 Å².